The van der Waals surface area contributed by atoms with Crippen molar-refractivity contribution < 1.29 is 9.90 Å². The molecule has 0 aliphatic heterocycles. The summed E-state index contributed by atoms with van der Waals surface area (Å²) in [7, 11) is 3.92. The molecule has 0 bridgehead atoms. The van der Waals surface area contributed by atoms with Gasteiger partial charge in [-0.3, -0.25) is 4.79 Å². The fourth-order valence-electron chi connectivity index (χ4n) is 2.71. The second-order valence-corrected chi connectivity index (χ2v) is 5.76. The first-order valence-corrected chi connectivity index (χ1v) is 7.12. The number of hydrogen-bond donors (Lipinski definition) is 2. The quantitative estimate of drug-likeness (QED) is 0.653. The first-order chi connectivity index (χ1) is 8.49. The summed E-state index contributed by atoms with van der Waals surface area (Å²) in [6.07, 6.45) is 8.13. The molecule has 0 saturated heterocycles. The largest absolute Gasteiger partial charge is 0.480 e. The van der Waals surface area contributed by atoms with Crippen LogP contribution in [0.2, 0.25) is 0 Å². The summed E-state index contributed by atoms with van der Waals surface area (Å²) < 4.78 is 0. The Bertz CT molecular complexity index is 265. The van der Waals surface area contributed by atoms with E-state index in [0.29, 0.717) is 6.42 Å². The molecule has 1 atom stereocenters. The zero-order valence-electron chi connectivity index (χ0n) is 12.0. The van der Waals surface area contributed by atoms with E-state index in [2.05, 4.69) is 17.3 Å². The maximum atomic E-state index is 11.1. The Hall–Kier alpha value is -0.610. The summed E-state index contributed by atoms with van der Waals surface area (Å²) in [5.41, 5.74) is -0.772. The third kappa shape index (κ3) is 4.25. The molecule has 0 aromatic carbocycles. The highest BCUT2D eigenvalue weighted by Gasteiger charge is 2.30. The van der Waals surface area contributed by atoms with Crippen LogP contribution in [-0.2, 0) is 4.79 Å². The van der Waals surface area contributed by atoms with E-state index in [9.17, 15) is 4.79 Å². The van der Waals surface area contributed by atoms with Crippen molar-refractivity contribution >= 4 is 5.97 Å². The molecule has 18 heavy (non-hydrogen) atoms. The van der Waals surface area contributed by atoms with Crippen molar-refractivity contribution in [2.45, 2.75) is 63.5 Å². The highest BCUT2D eigenvalue weighted by molar-refractivity contribution is 5.78. The van der Waals surface area contributed by atoms with Gasteiger partial charge in [0.15, 0.2) is 0 Å². The monoisotopic (exact) mass is 256 g/mol. The topological polar surface area (TPSA) is 52.6 Å². The van der Waals surface area contributed by atoms with Crippen LogP contribution in [0.3, 0.4) is 0 Å². The summed E-state index contributed by atoms with van der Waals surface area (Å²) in [6, 6.07) is 0.764. The predicted octanol–water partition coefficient (Wildman–Crippen LogP) is 2.09. The summed E-state index contributed by atoms with van der Waals surface area (Å²) in [6.45, 7) is 2.85. The lowest BCUT2D eigenvalue weighted by Crippen LogP contribution is -2.47. The van der Waals surface area contributed by atoms with Crippen LogP contribution in [0.1, 0.15) is 51.9 Å². The average Bonchev–Trinajstić information content (AvgIpc) is 2.87. The van der Waals surface area contributed by atoms with E-state index in [0.717, 1.165) is 25.4 Å². The van der Waals surface area contributed by atoms with Crippen LogP contribution >= 0.6 is 0 Å². The van der Waals surface area contributed by atoms with Crippen LogP contribution < -0.4 is 5.32 Å². The molecule has 1 fully saturated rings. The second-order valence-electron chi connectivity index (χ2n) is 5.76. The number of carboxylic acid groups (broad SMARTS) is 1. The van der Waals surface area contributed by atoms with Gasteiger partial charge in [0.2, 0.25) is 0 Å². The number of carbonyl (C=O) groups is 1. The number of hydrogen-bond acceptors (Lipinski definition) is 3. The van der Waals surface area contributed by atoms with Crippen LogP contribution in [0.25, 0.3) is 0 Å². The fourth-order valence-corrected chi connectivity index (χ4v) is 2.71. The fraction of sp³-hybridized carbons (Fsp3) is 0.929. The standard InChI is InChI=1S/C14H28N2O2/c1-14(15-2,13(17)18)10-6-7-11-16(3)12-8-4-5-9-12/h12,15H,4-11H2,1-3H3,(H,17,18). The second kappa shape index (κ2) is 7.10. The van der Waals surface area contributed by atoms with E-state index in [1.54, 1.807) is 14.0 Å². The number of likely N-dealkylation sites (N-methyl/N-ethyl adjacent to an activating group) is 1. The molecule has 2 N–H and O–H groups in total. The summed E-state index contributed by atoms with van der Waals surface area (Å²) in [5.74, 6) is -0.755. The van der Waals surface area contributed by atoms with Crippen LogP contribution in [0, 0.1) is 0 Å². The van der Waals surface area contributed by atoms with Gasteiger partial charge in [-0.05, 0) is 59.7 Å². The zero-order valence-corrected chi connectivity index (χ0v) is 12.0. The maximum absolute atomic E-state index is 11.1. The van der Waals surface area contributed by atoms with Gasteiger partial charge in [0, 0.05) is 6.04 Å². The SMILES string of the molecule is CNC(C)(CCCCN(C)C1CCCC1)C(=O)O. The molecule has 0 amide bonds. The van der Waals surface area contributed by atoms with E-state index >= 15 is 0 Å². The van der Waals surface area contributed by atoms with Crippen molar-refractivity contribution in [2.75, 3.05) is 20.6 Å². The lowest BCUT2D eigenvalue weighted by Gasteiger charge is -2.26. The van der Waals surface area contributed by atoms with E-state index in [1.807, 2.05) is 0 Å². The van der Waals surface area contributed by atoms with Gasteiger partial charge in [0.1, 0.15) is 5.54 Å². The molecular formula is C14H28N2O2. The maximum Gasteiger partial charge on any atom is 0.323 e. The van der Waals surface area contributed by atoms with Gasteiger partial charge in [-0.25, -0.2) is 0 Å². The van der Waals surface area contributed by atoms with Crippen LogP contribution in [0.5, 0.6) is 0 Å². The summed E-state index contributed by atoms with van der Waals surface area (Å²) >= 11 is 0. The third-order valence-electron chi connectivity index (χ3n) is 4.41. The normalized spacial score (nSPS) is 20.2. The smallest absolute Gasteiger partial charge is 0.323 e. The van der Waals surface area contributed by atoms with Gasteiger partial charge < -0.3 is 15.3 Å². The van der Waals surface area contributed by atoms with Crippen molar-refractivity contribution in [3.8, 4) is 0 Å². The molecule has 4 nitrogen and oxygen atoms in total. The van der Waals surface area contributed by atoms with E-state index in [1.165, 1.54) is 25.7 Å². The van der Waals surface area contributed by atoms with Gasteiger partial charge in [0.05, 0.1) is 0 Å². The Morgan fingerprint density at radius 1 is 1.39 bits per heavy atom. The van der Waals surface area contributed by atoms with Crippen molar-refractivity contribution in [3.63, 3.8) is 0 Å². The molecule has 0 aromatic heterocycles. The molecule has 4 heteroatoms. The summed E-state index contributed by atoms with van der Waals surface area (Å²) in [4.78, 5) is 13.6. The highest BCUT2D eigenvalue weighted by atomic mass is 16.4. The zero-order chi connectivity index (χ0) is 13.6. The third-order valence-corrected chi connectivity index (χ3v) is 4.41. The van der Waals surface area contributed by atoms with Crippen molar-refractivity contribution in [2.24, 2.45) is 0 Å². The van der Waals surface area contributed by atoms with Crippen molar-refractivity contribution in [1.29, 1.82) is 0 Å². The van der Waals surface area contributed by atoms with E-state index in [-0.39, 0.29) is 0 Å². The van der Waals surface area contributed by atoms with E-state index < -0.39 is 11.5 Å². The number of rotatable bonds is 8. The molecule has 1 rings (SSSR count). The molecule has 1 aliphatic rings. The minimum atomic E-state index is -0.772. The number of nitrogens with one attached hydrogen (secondary N) is 1. The lowest BCUT2D eigenvalue weighted by molar-refractivity contribution is -0.144. The van der Waals surface area contributed by atoms with Gasteiger partial charge in [-0.1, -0.05) is 12.8 Å². The Labute approximate surface area is 111 Å². The minimum absolute atomic E-state index is 0.692. The van der Waals surface area contributed by atoms with Crippen LogP contribution in [-0.4, -0.2) is 48.2 Å². The number of nitrogens with zero attached hydrogens (tertiary/aromatic N) is 1. The minimum Gasteiger partial charge on any atom is -0.480 e. The predicted molar refractivity (Wildman–Crippen MR) is 73.8 cm³/mol. The average molecular weight is 256 g/mol. The first-order valence-electron chi connectivity index (χ1n) is 7.12. The summed E-state index contributed by atoms with van der Waals surface area (Å²) in [5, 5.41) is 12.0. The van der Waals surface area contributed by atoms with Crippen molar-refractivity contribution in [3.05, 3.63) is 0 Å². The van der Waals surface area contributed by atoms with Gasteiger partial charge >= 0.3 is 5.97 Å². The Morgan fingerprint density at radius 3 is 2.50 bits per heavy atom. The van der Waals surface area contributed by atoms with Gasteiger partial charge in [-0.15, -0.1) is 0 Å². The number of unbranched alkanes of at least 4 members (excludes halogenated alkanes) is 1. The molecule has 0 heterocycles. The molecule has 0 spiro atoms. The van der Waals surface area contributed by atoms with Gasteiger partial charge in [0.25, 0.3) is 0 Å². The molecule has 1 aliphatic carbocycles. The molecule has 0 radical (unpaired) electrons. The molecular weight excluding hydrogens is 228 g/mol. The lowest BCUT2D eigenvalue weighted by atomic mass is 9.95. The van der Waals surface area contributed by atoms with Crippen LogP contribution in [0.15, 0.2) is 0 Å². The molecule has 106 valence electrons. The molecule has 0 aromatic rings. The molecule has 1 saturated carbocycles. The van der Waals surface area contributed by atoms with Crippen molar-refractivity contribution in [1.82, 2.24) is 10.2 Å². The Kier molecular flexibility index (Phi) is 6.09. The number of aliphatic carboxylic acids is 1. The van der Waals surface area contributed by atoms with Crippen LogP contribution in [0.4, 0.5) is 0 Å². The van der Waals surface area contributed by atoms with E-state index in [4.69, 9.17) is 5.11 Å². The first kappa shape index (κ1) is 15.4. The Balaban J connectivity index is 2.19. The molecule has 1 unspecified atom stereocenters. The van der Waals surface area contributed by atoms with Gasteiger partial charge in [-0.2, -0.15) is 0 Å². The Morgan fingerprint density at radius 2 is 2.00 bits per heavy atom. The number of carboxylic acids is 1. The highest BCUT2D eigenvalue weighted by Crippen LogP contribution is 2.23.